The highest BCUT2D eigenvalue weighted by Gasteiger charge is 2.22. The predicted octanol–water partition coefficient (Wildman–Crippen LogP) is 1.80. The van der Waals surface area contributed by atoms with E-state index in [1.54, 1.807) is 23.0 Å². The molecule has 1 aromatic carbocycles. The fourth-order valence-electron chi connectivity index (χ4n) is 2.58. The van der Waals surface area contributed by atoms with Gasteiger partial charge in [0.2, 0.25) is 5.13 Å². The number of benzene rings is 1. The van der Waals surface area contributed by atoms with E-state index in [1.165, 1.54) is 0 Å². The zero-order valence-corrected chi connectivity index (χ0v) is 13.2. The fourth-order valence-corrected chi connectivity index (χ4v) is 3.18. The number of rotatable bonds is 4. The number of nitrogens with zero attached hydrogens (tertiary/aromatic N) is 5. The van der Waals surface area contributed by atoms with Crippen molar-refractivity contribution in [2.45, 2.75) is 6.10 Å². The molecule has 7 nitrogen and oxygen atoms in total. The summed E-state index contributed by atoms with van der Waals surface area (Å²) in [6, 6.07) is 7.84. The topological polar surface area (TPSA) is 76.1 Å². The summed E-state index contributed by atoms with van der Waals surface area (Å²) in [6.07, 6.45) is 1.84. The smallest absolute Gasteiger partial charge is 0.208 e. The zero-order valence-electron chi connectivity index (χ0n) is 12.4. The molecule has 3 heterocycles. The Morgan fingerprint density at radius 1 is 1.30 bits per heavy atom. The molecule has 0 bridgehead atoms. The van der Waals surface area contributed by atoms with Crippen molar-refractivity contribution in [3.8, 4) is 0 Å². The van der Waals surface area contributed by atoms with Crippen molar-refractivity contribution >= 4 is 33.3 Å². The van der Waals surface area contributed by atoms with E-state index in [2.05, 4.69) is 30.4 Å². The first-order valence-corrected chi connectivity index (χ1v) is 8.35. The highest BCUT2D eigenvalue weighted by Crippen LogP contribution is 2.19. The van der Waals surface area contributed by atoms with Gasteiger partial charge in [-0.1, -0.05) is 23.5 Å². The van der Waals surface area contributed by atoms with Gasteiger partial charge in [0.1, 0.15) is 11.3 Å². The van der Waals surface area contributed by atoms with Crippen LogP contribution in [0.15, 0.2) is 36.0 Å². The summed E-state index contributed by atoms with van der Waals surface area (Å²) in [5.41, 5.74) is 3.54. The third kappa shape index (κ3) is 3.22. The molecular weight excluding hydrogens is 312 g/mol. The van der Waals surface area contributed by atoms with Crippen LogP contribution in [-0.2, 0) is 4.74 Å². The number of anilines is 2. The van der Waals surface area contributed by atoms with Crippen LogP contribution < -0.4 is 10.2 Å². The number of ether oxygens (including phenoxy) is 1. The molecule has 2 aromatic heterocycles. The summed E-state index contributed by atoms with van der Waals surface area (Å²) >= 11 is 1.55. The molecular formula is C15H16N6OS. The van der Waals surface area contributed by atoms with E-state index in [-0.39, 0.29) is 6.10 Å². The lowest BCUT2D eigenvalue weighted by atomic mass is 10.3. The van der Waals surface area contributed by atoms with Crippen LogP contribution in [0.1, 0.15) is 0 Å². The van der Waals surface area contributed by atoms with E-state index in [0.717, 1.165) is 35.1 Å². The molecule has 23 heavy (non-hydrogen) atoms. The first-order valence-electron chi connectivity index (χ1n) is 7.47. The number of hydrogen-bond acceptors (Lipinski definition) is 8. The number of nitrogens with one attached hydrogen (secondary N) is 1. The summed E-state index contributed by atoms with van der Waals surface area (Å²) in [5.74, 6) is 0.764. The Bertz CT molecular complexity index is 780. The van der Waals surface area contributed by atoms with Gasteiger partial charge in [0.15, 0.2) is 0 Å². The quantitative estimate of drug-likeness (QED) is 0.782. The second-order valence-corrected chi connectivity index (χ2v) is 6.10. The van der Waals surface area contributed by atoms with Crippen molar-refractivity contribution in [3.05, 3.63) is 36.0 Å². The van der Waals surface area contributed by atoms with Gasteiger partial charge >= 0.3 is 0 Å². The third-order valence-corrected chi connectivity index (χ3v) is 4.47. The Kier molecular flexibility index (Phi) is 3.99. The van der Waals surface area contributed by atoms with Gasteiger partial charge < -0.3 is 15.0 Å². The Morgan fingerprint density at radius 3 is 3.09 bits per heavy atom. The molecule has 1 fully saturated rings. The summed E-state index contributed by atoms with van der Waals surface area (Å²) in [7, 11) is 0. The molecule has 0 spiro atoms. The van der Waals surface area contributed by atoms with Crippen molar-refractivity contribution in [2.75, 3.05) is 36.5 Å². The average molecular weight is 328 g/mol. The maximum atomic E-state index is 5.82. The van der Waals surface area contributed by atoms with Gasteiger partial charge in [0, 0.05) is 19.6 Å². The molecule has 0 unspecified atom stereocenters. The number of fused-ring (bicyclic) bond motifs is 1. The second kappa shape index (κ2) is 6.43. The van der Waals surface area contributed by atoms with Gasteiger partial charge in [-0.05, 0) is 12.1 Å². The lowest BCUT2D eigenvalue weighted by molar-refractivity contribution is 0.0491. The minimum Gasteiger partial charge on any atom is -0.373 e. The van der Waals surface area contributed by atoms with Gasteiger partial charge in [0.05, 0.1) is 29.9 Å². The monoisotopic (exact) mass is 328 g/mol. The Labute approximate surface area is 137 Å². The molecule has 118 valence electrons. The van der Waals surface area contributed by atoms with E-state index in [1.807, 2.05) is 24.3 Å². The molecule has 0 radical (unpaired) electrons. The molecule has 1 aliphatic heterocycles. The van der Waals surface area contributed by atoms with Crippen molar-refractivity contribution in [1.82, 2.24) is 20.2 Å². The van der Waals surface area contributed by atoms with Crippen LogP contribution in [-0.4, -0.2) is 52.5 Å². The lowest BCUT2D eigenvalue weighted by Gasteiger charge is -2.32. The van der Waals surface area contributed by atoms with E-state index in [4.69, 9.17) is 4.74 Å². The largest absolute Gasteiger partial charge is 0.373 e. The molecule has 1 N–H and O–H groups in total. The van der Waals surface area contributed by atoms with E-state index < -0.39 is 0 Å². The van der Waals surface area contributed by atoms with Gasteiger partial charge in [0.25, 0.3) is 0 Å². The Morgan fingerprint density at radius 2 is 2.22 bits per heavy atom. The van der Waals surface area contributed by atoms with E-state index in [0.29, 0.717) is 13.2 Å². The van der Waals surface area contributed by atoms with Crippen molar-refractivity contribution in [1.29, 1.82) is 0 Å². The van der Waals surface area contributed by atoms with Crippen LogP contribution in [0.25, 0.3) is 11.0 Å². The second-order valence-electron chi connectivity index (χ2n) is 5.28. The van der Waals surface area contributed by atoms with Crippen molar-refractivity contribution in [3.63, 3.8) is 0 Å². The number of morpholine rings is 1. The zero-order chi connectivity index (χ0) is 15.5. The molecule has 1 saturated heterocycles. The summed E-state index contributed by atoms with van der Waals surface area (Å²) in [5, 5.41) is 12.3. The standard InChI is InChI=1S/C15H16N6OS/c1-2-4-13-12(3-1)16-8-14(19-13)17-7-11-9-21(5-6-22-11)15-20-18-10-23-15/h1-4,8,10-11H,5-7,9H2,(H,17,19)/t11-/m0/s1. The highest BCUT2D eigenvalue weighted by molar-refractivity contribution is 7.13. The van der Waals surface area contributed by atoms with Crippen LogP contribution in [0.4, 0.5) is 10.9 Å². The fraction of sp³-hybridized carbons (Fsp3) is 0.333. The van der Waals surface area contributed by atoms with Gasteiger partial charge in [-0.25, -0.2) is 4.98 Å². The number of aromatic nitrogens is 4. The van der Waals surface area contributed by atoms with Gasteiger partial charge in [-0.15, -0.1) is 10.2 Å². The molecule has 1 aliphatic rings. The van der Waals surface area contributed by atoms with Crippen LogP contribution >= 0.6 is 11.3 Å². The SMILES string of the molecule is c1ccc2nc(NC[C@H]3CN(c4nncs4)CCO3)cnc2c1. The summed E-state index contributed by atoms with van der Waals surface area (Å²) in [6.45, 7) is 3.02. The van der Waals surface area contributed by atoms with E-state index in [9.17, 15) is 0 Å². The minimum absolute atomic E-state index is 0.0842. The molecule has 0 saturated carbocycles. The van der Waals surface area contributed by atoms with Crippen molar-refractivity contribution < 1.29 is 4.74 Å². The highest BCUT2D eigenvalue weighted by atomic mass is 32.1. The maximum absolute atomic E-state index is 5.82. The van der Waals surface area contributed by atoms with Crippen LogP contribution in [0.2, 0.25) is 0 Å². The normalized spacial score (nSPS) is 18.3. The van der Waals surface area contributed by atoms with Gasteiger partial charge in [-0.2, -0.15) is 0 Å². The lowest BCUT2D eigenvalue weighted by Crippen LogP contribution is -2.45. The van der Waals surface area contributed by atoms with Crippen LogP contribution in [0.3, 0.4) is 0 Å². The number of para-hydroxylation sites is 2. The minimum atomic E-state index is 0.0842. The average Bonchev–Trinajstić information content (AvgIpc) is 3.15. The molecule has 8 heteroatoms. The third-order valence-electron chi connectivity index (χ3n) is 3.72. The Hall–Kier alpha value is -2.32. The summed E-state index contributed by atoms with van der Waals surface area (Å²) in [4.78, 5) is 11.2. The maximum Gasteiger partial charge on any atom is 0.208 e. The molecule has 0 aliphatic carbocycles. The number of hydrogen-bond donors (Lipinski definition) is 1. The molecule has 1 atom stereocenters. The van der Waals surface area contributed by atoms with Crippen LogP contribution in [0, 0.1) is 0 Å². The molecule has 0 amide bonds. The van der Waals surface area contributed by atoms with E-state index >= 15 is 0 Å². The summed E-state index contributed by atoms with van der Waals surface area (Å²) < 4.78 is 5.82. The van der Waals surface area contributed by atoms with Crippen molar-refractivity contribution in [2.24, 2.45) is 0 Å². The molecule has 3 aromatic rings. The predicted molar refractivity (Wildman–Crippen MR) is 89.9 cm³/mol. The van der Waals surface area contributed by atoms with Crippen LogP contribution in [0.5, 0.6) is 0 Å². The first kappa shape index (κ1) is 14.3. The first-order chi connectivity index (χ1) is 11.4. The molecule has 4 rings (SSSR count). The van der Waals surface area contributed by atoms with Gasteiger partial charge in [-0.3, -0.25) is 4.98 Å². The Balaban J connectivity index is 1.39.